The van der Waals surface area contributed by atoms with Crippen molar-refractivity contribution < 1.29 is 9.90 Å². The molecule has 0 bridgehead atoms. The molecule has 0 saturated heterocycles. The molecule has 8 heteroatoms. The number of H-pyrrole nitrogens is 1. The van der Waals surface area contributed by atoms with E-state index in [1.807, 2.05) is 13.8 Å². The number of aromatic nitrogens is 5. The van der Waals surface area contributed by atoms with Gasteiger partial charge in [0, 0.05) is 18.4 Å². The number of tetrazole rings is 1. The quantitative estimate of drug-likeness (QED) is 0.668. The largest absolute Gasteiger partial charge is 0.389 e. The maximum Gasteiger partial charge on any atom is 0.253 e. The van der Waals surface area contributed by atoms with Gasteiger partial charge in [-0.3, -0.25) is 4.79 Å². The fourth-order valence-electron chi connectivity index (χ4n) is 1.83. The number of rotatable bonds is 5. The summed E-state index contributed by atoms with van der Waals surface area (Å²) < 4.78 is 0. The first-order valence-corrected chi connectivity index (χ1v) is 5.89. The summed E-state index contributed by atoms with van der Waals surface area (Å²) in [6, 6.07) is 0. The molecule has 0 aliphatic heterocycles. The van der Waals surface area contributed by atoms with Crippen LogP contribution in [0.15, 0.2) is 12.5 Å². The zero-order valence-corrected chi connectivity index (χ0v) is 10.8. The Kier molecular flexibility index (Phi) is 3.91. The molecule has 1 unspecified atom stereocenters. The van der Waals surface area contributed by atoms with Crippen LogP contribution in [-0.4, -0.2) is 48.9 Å². The number of nitrogens with zero attached hydrogens (tertiary/aromatic N) is 4. The van der Waals surface area contributed by atoms with Crippen molar-refractivity contribution in [2.24, 2.45) is 0 Å². The maximum atomic E-state index is 12.0. The predicted molar refractivity (Wildman–Crippen MR) is 66.4 cm³/mol. The number of hydrogen-bond donors (Lipinski definition) is 3. The number of aliphatic hydroxyl groups is 1. The summed E-state index contributed by atoms with van der Waals surface area (Å²) in [6.07, 6.45) is 2.30. The second-order valence-corrected chi connectivity index (χ2v) is 4.33. The van der Waals surface area contributed by atoms with Gasteiger partial charge in [0.15, 0.2) is 6.33 Å². The molecule has 0 aliphatic carbocycles. The van der Waals surface area contributed by atoms with Gasteiger partial charge in [0.25, 0.3) is 5.91 Å². The van der Waals surface area contributed by atoms with Gasteiger partial charge in [-0.2, -0.15) is 4.80 Å². The lowest BCUT2D eigenvalue weighted by atomic mass is 10.1. The molecule has 102 valence electrons. The number of carbonyl (C=O) groups excluding carboxylic acids is 1. The number of aryl methyl sites for hydroxylation is 2. The first-order chi connectivity index (χ1) is 9.08. The third-order valence-electron chi connectivity index (χ3n) is 2.77. The van der Waals surface area contributed by atoms with Crippen LogP contribution in [0.1, 0.15) is 21.6 Å². The second kappa shape index (κ2) is 5.61. The topological polar surface area (TPSA) is 109 Å². The highest BCUT2D eigenvalue weighted by Crippen LogP contribution is 2.11. The van der Waals surface area contributed by atoms with E-state index in [4.69, 9.17) is 0 Å². The summed E-state index contributed by atoms with van der Waals surface area (Å²) in [5.41, 5.74) is 2.30. The van der Waals surface area contributed by atoms with Gasteiger partial charge in [-0.1, -0.05) is 0 Å². The minimum Gasteiger partial charge on any atom is -0.389 e. The van der Waals surface area contributed by atoms with Crippen LogP contribution in [0.5, 0.6) is 0 Å². The van der Waals surface area contributed by atoms with Gasteiger partial charge >= 0.3 is 0 Å². The van der Waals surface area contributed by atoms with Crippen LogP contribution in [0.4, 0.5) is 0 Å². The van der Waals surface area contributed by atoms with Crippen molar-refractivity contribution in [2.75, 3.05) is 6.54 Å². The Bertz CT molecular complexity index is 528. The highest BCUT2D eigenvalue weighted by atomic mass is 16.3. The molecule has 3 N–H and O–H groups in total. The second-order valence-electron chi connectivity index (χ2n) is 4.33. The molecule has 2 aromatic heterocycles. The Balaban J connectivity index is 1.87. The summed E-state index contributed by atoms with van der Waals surface area (Å²) in [7, 11) is 0. The van der Waals surface area contributed by atoms with E-state index in [0.29, 0.717) is 5.56 Å². The van der Waals surface area contributed by atoms with Crippen molar-refractivity contribution in [3.05, 3.63) is 29.3 Å². The number of hydrogen-bond acceptors (Lipinski definition) is 5. The summed E-state index contributed by atoms with van der Waals surface area (Å²) in [5, 5.41) is 23.4. The van der Waals surface area contributed by atoms with E-state index in [2.05, 4.69) is 25.7 Å². The smallest absolute Gasteiger partial charge is 0.253 e. The number of amides is 1. The van der Waals surface area contributed by atoms with Crippen molar-refractivity contribution in [2.45, 2.75) is 26.5 Å². The molecule has 2 aromatic rings. The lowest BCUT2D eigenvalue weighted by Crippen LogP contribution is -2.35. The highest BCUT2D eigenvalue weighted by molar-refractivity contribution is 5.96. The van der Waals surface area contributed by atoms with E-state index in [0.717, 1.165) is 11.3 Å². The van der Waals surface area contributed by atoms with Gasteiger partial charge in [-0.05, 0) is 24.6 Å². The average molecular weight is 264 g/mol. The van der Waals surface area contributed by atoms with E-state index in [9.17, 15) is 9.90 Å². The average Bonchev–Trinajstić information content (AvgIpc) is 2.97. The Hall–Kier alpha value is -2.22. The molecular formula is C11H16N6O2. The Morgan fingerprint density at radius 2 is 2.37 bits per heavy atom. The molecule has 0 aliphatic rings. The van der Waals surface area contributed by atoms with Crippen LogP contribution in [-0.2, 0) is 6.54 Å². The molecule has 8 nitrogen and oxygen atoms in total. The molecule has 0 fully saturated rings. The summed E-state index contributed by atoms with van der Waals surface area (Å²) in [4.78, 5) is 16.2. The minimum atomic E-state index is -0.766. The molecule has 19 heavy (non-hydrogen) atoms. The molecule has 1 amide bonds. The van der Waals surface area contributed by atoms with Gasteiger partial charge in [0.05, 0.1) is 18.2 Å². The fourth-order valence-corrected chi connectivity index (χ4v) is 1.83. The van der Waals surface area contributed by atoms with Gasteiger partial charge < -0.3 is 15.4 Å². The predicted octanol–water partition coefficient (Wildman–Crippen LogP) is -0.591. The summed E-state index contributed by atoms with van der Waals surface area (Å²) in [5.74, 6) is -0.207. The van der Waals surface area contributed by atoms with E-state index in [1.54, 1.807) is 6.20 Å². The maximum absolute atomic E-state index is 12.0. The Morgan fingerprint density at radius 1 is 1.58 bits per heavy atom. The highest BCUT2D eigenvalue weighted by Gasteiger charge is 2.15. The van der Waals surface area contributed by atoms with Crippen LogP contribution in [0.3, 0.4) is 0 Å². The van der Waals surface area contributed by atoms with Gasteiger partial charge in [-0.15, -0.1) is 10.2 Å². The van der Waals surface area contributed by atoms with Crippen molar-refractivity contribution in [3.63, 3.8) is 0 Å². The third kappa shape index (κ3) is 3.16. The normalized spacial score (nSPS) is 12.4. The minimum absolute atomic E-state index is 0.129. The summed E-state index contributed by atoms with van der Waals surface area (Å²) in [6.45, 7) is 4.00. The van der Waals surface area contributed by atoms with Crippen LogP contribution < -0.4 is 5.32 Å². The van der Waals surface area contributed by atoms with Gasteiger partial charge in [-0.25, -0.2) is 0 Å². The SMILES string of the molecule is Cc1c[nH]c(C)c1C(=O)NCC(O)Cn1ncnn1. The first kappa shape index (κ1) is 13.2. The molecule has 2 heterocycles. The van der Waals surface area contributed by atoms with Crippen LogP contribution in [0.2, 0.25) is 0 Å². The van der Waals surface area contributed by atoms with Crippen molar-refractivity contribution >= 4 is 5.91 Å². The van der Waals surface area contributed by atoms with Crippen LogP contribution in [0.25, 0.3) is 0 Å². The zero-order chi connectivity index (χ0) is 13.8. The Labute approximate surface area is 109 Å². The van der Waals surface area contributed by atoms with Crippen LogP contribution in [0, 0.1) is 13.8 Å². The fraction of sp³-hybridized carbons (Fsp3) is 0.455. The number of nitrogens with one attached hydrogen (secondary N) is 2. The molecular weight excluding hydrogens is 248 g/mol. The van der Waals surface area contributed by atoms with E-state index in [1.165, 1.54) is 11.1 Å². The van der Waals surface area contributed by atoms with Crippen LogP contribution >= 0.6 is 0 Å². The molecule has 0 radical (unpaired) electrons. The van der Waals surface area contributed by atoms with E-state index < -0.39 is 6.10 Å². The zero-order valence-electron chi connectivity index (χ0n) is 10.8. The van der Waals surface area contributed by atoms with Gasteiger partial charge in [0.2, 0.25) is 0 Å². The lowest BCUT2D eigenvalue weighted by Gasteiger charge is -2.11. The number of aromatic amines is 1. The number of carbonyl (C=O) groups is 1. The first-order valence-electron chi connectivity index (χ1n) is 5.89. The standard InChI is InChI=1S/C11H16N6O2/c1-7-3-12-8(2)10(7)11(19)13-4-9(18)5-17-15-6-14-16-17/h3,6,9,12,18H,4-5H2,1-2H3,(H,13,19). The number of aliphatic hydroxyl groups excluding tert-OH is 1. The lowest BCUT2D eigenvalue weighted by molar-refractivity contribution is 0.0894. The van der Waals surface area contributed by atoms with Crippen molar-refractivity contribution in [1.29, 1.82) is 0 Å². The Morgan fingerprint density at radius 3 is 2.95 bits per heavy atom. The van der Waals surface area contributed by atoms with Crippen molar-refractivity contribution in [3.8, 4) is 0 Å². The molecule has 2 rings (SSSR count). The van der Waals surface area contributed by atoms with E-state index >= 15 is 0 Å². The van der Waals surface area contributed by atoms with Gasteiger partial charge in [0.1, 0.15) is 0 Å². The molecule has 0 saturated carbocycles. The van der Waals surface area contributed by atoms with Crippen molar-refractivity contribution in [1.82, 2.24) is 30.5 Å². The molecule has 0 spiro atoms. The van der Waals surface area contributed by atoms with E-state index in [-0.39, 0.29) is 19.0 Å². The summed E-state index contributed by atoms with van der Waals surface area (Å²) >= 11 is 0. The molecule has 1 atom stereocenters. The molecule has 0 aromatic carbocycles. The third-order valence-corrected chi connectivity index (χ3v) is 2.77. The monoisotopic (exact) mass is 264 g/mol.